The van der Waals surface area contributed by atoms with Gasteiger partial charge in [-0.05, 0) is 92.9 Å². The zero-order valence-electron chi connectivity index (χ0n) is 71.6. The Labute approximate surface area is 748 Å². The van der Waals surface area contributed by atoms with Gasteiger partial charge < -0.3 is 119 Å². The van der Waals surface area contributed by atoms with Crippen molar-refractivity contribution in [3.05, 3.63) is 103 Å². The molecular formula is C82H113N21O28. The summed E-state index contributed by atoms with van der Waals surface area (Å²) in [6, 6.07) is -2.74. The minimum absolute atomic E-state index is 0.00675. The van der Waals surface area contributed by atoms with Crippen LogP contribution in [0, 0.1) is 11.8 Å². The van der Waals surface area contributed by atoms with Crippen molar-refractivity contribution in [1.29, 1.82) is 0 Å². The third-order valence-electron chi connectivity index (χ3n) is 21.8. The van der Waals surface area contributed by atoms with E-state index in [2.05, 4.69) is 88.4 Å². The van der Waals surface area contributed by atoms with Crippen molar-refractivity contribution in [3.8, 4) is 0 Å². The highest BCUT2D eigenvalue weighted by Crippen LogP contribution is 2.29. The van der Waals surface area contributed by atoms with Gasteiger partial charge in [-0.15, -0.1) is 0 Å². The molecular weight excluding hydrogens is 1730 g/mol. The first kappa shape index (κ1) is 104. The molecule has 1 saturated heterocycles. The molecule has 2 aromatic carbocycles. The Kier molecular flexibility index (Phi) is 42.6. The zero-order chi connectivity index (χ0) is 95.6. The fourth-order valence-corrected chi connectivity index (χ4v) is 14.7. The lowest BCUT2D eigenvalue weighted by atomic mass is 9.81. The first-order valence-corrected chi connectivity index (χ1v) is 42.4. The molecule has 2 aliphatic rings. The van der Waals surface area contributed by atoms with E-state index in [4.69, 9.17) is 5.11 Å². The van der Waals surface area contributed by atoms with Crippen molar-refractivity contribution >= 4 is 124 Å². The van der Waals surface area contributed by atoms with Gasteiger partial charge in [0.05, 0.1) is 62.2 Å². The van der Waals surface area contributed by atoms with Crippen LogP contribution in [0.4, 0.5) is 4.79 Å². The lowest BCUT2D eigenvalue weighted by molar-refractivity contribution is -0.141. The molecule has 1 aliphatic heterocycles. The van der Waals surface area contributed by atoms with Gasteiger partial charge in [-0.1, -0.05) is 42.5 Å². The van der Waals surface area contributed by atoms with Crippen molar-refractivity contribution in [2.75, 3.05) is 91.6 Å². The van der Waals surface area contributed by atoms with Gasteiger partial charge in [0, 0.05) is 141 Å². The molecule has 3 aromatic heterocycles. The molecule has 49 heteroatoms. The van der Waals surface area contributed by atoms with E-state index >= 15 is 0 Å². The summed E-state index contributed by atoms with van der Waals surface area (Å²) in [4.78, 5) is 276. The number of hydrogen-bond acceptors (Lipinski definition) is 26. The Morgan fingerprint density at radius 3 is 1.11 bits per heavy atom. The molecule has 131 heavy (non-hydrogen) atoms. The number of imidazole rings is 3. The molecule has 714 valence electrons. The molecule has 5 aromatic rings. The maximum Gasteiger partial charge on any atom is 0.326 e. The minimum atomic E-state index is -1.89. The largest absolute Gasteiger partial charge is 0.481 e. The number of hydrogen-bond donors (Lipinski definition) is 23. The molecule has 2 fully saturated rings. The number of carbonyl (C=O) groups is 19. The molecule has 7 rings (SSSR count). The number of amides is 11. The lowest BCUT2D eigenvalue weighted by Gasteiger charge is -2.33. The van der Waals surface area contributed by atoms with Crippen molar-refractivity contribution in [2.24, 2.45) is 11.8 Å². The van der Waals surface area contributed by atoms with Crippen LogP contribution in [0.3, 0.4) is 0 Å². The molecule has 9 atom stereocenters. The lowest BCUT2D eigenvalue weighted by Crippen LogP contribution is -2.60. The standard InChI is InChI=1S/C82H113N21O28/c104-64(40-100-23-25-101(41-69(113)114)27-29-103(43-71(117)118)30-28-102(26-24-100)42-70(115)116)91-55(14-18-65(105)106)75(122)96-62(34-53-38-84-45-89-53)78(125)93-57(16-20-67(109)110)77(124)97-63(35-54-39-85-46-90-54)79(126)92-56(15-19-66(107)108)76(123)95-61(33-52-37-83-44-88-52)74(121)87-36-47-8-12-50(13-9-47)72(119)94-60(32-48-10-11-49-5-1-2-6-51(49)31-48)73(120)86-22-4-3-7-58(80(127)128)98-82(131)99-59(81(129)130)17-21-68(111)112/h1-2,5-6,10-11,31,37-39,44-47,50,55-63H,3-4,7-9,12-30,32-36,40-43H2,(H,83,88)(H,84,89)(H,85,90)(H,86,120)(H,87,121)(H,91,104)(H,92,126)(H,93,125)(H,94,119)(H,95,123)(H,96,122)(H,97,124)(H,105,106)(H,107,108)(H,109,110)(H,111,112)(H,113,114)(H,115,116)(H,117,118)(H,127,128)(H,129,130)(H2,98,99,131). The van der Waals surface area contributed by atoms with E-state index in [1.807, 2.05) is 42.5 Å². The van der Waals surface area contributed by atoms with Gasteiger partial charge in [0.1, 0.15) is 54.4 Å². The number of benzene rings is 2. The van der Waals surface area contributed by atoms with Crippen molar-refractivity contribution in [1.82, 2.24) is 108 Å². The van der Waals surface area contributed by atoms with Gasteiger partial charge in [-0.3, -0.25) is 96.3 Å². The first-order valence-electron chi connectivity index (χ1n) is 42.4. The van der Waals surface area contributed by atoms with Gasteiger partial charge in [-0.2, -0.15) is 0 Å². The summed E-state index contributed by atoms with van der Waals surface area (Å²) < 4.78 is 0. The monoisotopic (exact) mass is 1840 g/mol. The number of fused-ring (bicyclic) bond motifs is 1. The number of H-pyrrole nitrogens is 3. The van der Waals surface area contributed by atoms with Crippen molar-refractivity contribution < 1.29 is 137 Å². The molecule has 49 nitrogen and oxygen atoms in total. The Morgan fingerprint density at radius 1 is 0.351 bits per heavy atom. The van der Waals surface area contributed by atoms with Crippen LogP contribution >= 0.6 is 0 Å². The quantitative estimate of drug-likeness (QED) is 0.0165. The normalized spacial score (nSPS) is 16.8. The van der Waals surface area contributed by atoms with Gasteiger partial charge in [-0.25, -0.2) is 29.3 Å². The minimum Gasteiger partial charge on any atom is -0.481 e. The van der Waals surface area contributed by atoms with Gasteiger partial charge in [0.2, 0.25) is 53.2 Å². The maximum absolute atomic E-state index is 14.8. The third kappa shape index (κ3) is 38.4. The summed E-state index contributed by atoms with van der Waals surface area (Å²) in [5.41, 5.74) is 1.20. The number of unbranched alkanes of at least 4 members (excludes halogenated alkanes) is 1. The predicted molar refractivity (Wildman–Crippen MR) is 454 cm³/mol. The van der Waals surface area contributed by atoms with Crippen LogP contribution in [-0.2, 0) is 112 Å². The van der Waals surface area contributed by atoms with Gasteiger partial charge in [0.25, 0.3) is 0 Å². The maximum atomic E-state index is 14.8. The number of urea groups is 1. The molecule has 0 radical (unpaired) electrons. The Morgan fingerprint density at radius 2 is 0.710 bits per heavy atom. The second-order valence-corrected chi connectivity index (χ2v) is 31.8. The number of nitrogens with zero attached hydrogens (tertiary/aromatic N) is 7. The smallest absolute Gasteiger partial charge is 0.326 e. The van der Waals surface area contributed by atoms with E-state index < -0.39 is 264 Å². The summed E-state index contributed by atoms with van der Waals surface area (Å²) in [6.07, 6.45) is 2.96. The number of aromatic nitrogens is 6. The van der Waals surface area contributed by atoms with Gasteiger partial charge >= 0.3 is 59.8 Å². The Balaban J connectivity index is 1.01. The number of aromatic amines is 3. The molecule has 23 N–H and O–H groups in total. The number of carbonyl (C=O) groups excluding carboxylic acids is 10. The number of carboxylic acid groups (broad SMARTS) is 9. The Hall–Kier alpha value is -14.1. The van der Waals surface area contributed by atoms with Crippen LogP contribution < -0.4 is 58.5 Å². The van der Waals surface area contributed by atoms with Crippen LogP contribution in [0.5, 0.6) is 0 Å². The van der Waals surface area contributed by atoms with E-state index in [1.165, 1.54) is 57.2 Å². The van der Waals surface area contributed by atoms with Crippen LogP contribution in [0.1, 0.15) is 119 Å². The zero-order valence-corrected chi connectivity index (χ0v) is 71.6. The fourth-order valence-electron chi connectivity index (χ4n) is 14.7. The van der Waals surface area contributed by atoms with E-state index in [0.29, 0.717) is 31.2 Å². The topological polar surface area (TPSA) is 738 Å². The second kappa shape index (κ2) is 53.6. The molecule has 0 spiro atoms. The average Bonchev–Trinajstić information content (AvgIpc) is 1.67. The van der Waals surface area contributed by atoms with Crippen molar-refractivity contribution in [3.63, 3.8) is 0 Å². The molecule has 11 amide bonds. The highest BCUT2D eigenvalue weighted by molar-refractivity contribution is 5.98. The van der Waals surface area contributed by atoms with Crippen LogP contribution in [-0.4, -0.2) is 354 Å². The van der Waals surface area contributed by atoms with E-state index in [-0.39, 0.29) is 121 Å². The van der Waals surface area contributed by atoms with Crippen LogP contribution in [0.25, 0.3) is 10.8 Å². The van der Waals surface area contributed by atoms with Crippen LogP contribution in [0.15, 0.2) is 80.0 Å². The highest BCUT2D eigenvalue weighted by Gasteiger charge is 2.38. The number of rotatable bonds is 54. The fraction of sp³-hybridized carbons (Fsp3) is 0.537. The molecule has 1 saturated carbocycles. The molecule has 9 unspecified atom stereocenters. The van der Waals surface area contributed by atoms with E-state index in [0.717, 1.165) is 10.8 Å². The van der Waals surface area contributed by atoms with E-state index in [9.17, 15) is 132 Å². The van der Waals surface area contributed by atoms with Gasteiger partial charge in [0.15, 0.2) is 0 Å². The SMILES string of the molecule is O=C(O)CCC(NC(=O)NC(CCCCNC(=O)C(Cc1ccc2ccccc2c1)NC(=O)C1CCC(CNC(=O)C(Cc2c[nH]cn2)NC(=O)C(CCC(=O)O)NC(=O)C(Cc2c[nH]cn2)NC(=O)C(CCC(=O)O)NC(=O)C(Cc2c[nH]cn2)NC(=O)C(CCC(=O)O)NC(=O)CN2CCN(CC(=O)O)CCN(CC(=O)O)CCN(CC(=O)O)CC2)CC1)C(=O)O)C(=O)O. The highest BCUT2D eigenvalue weighted by atomic mass is 16.4. The van der Waals surface area contributed by atoms with E-state index in [1.54, 1.807) is 0 Å². The third-order valence-corrected chi connectivity index (χ3v) is 21.8. The second-order valence-electron chi connectivity index (χ2n) is 31.8. The summed E-state index contributed by atoms with van der Waals surface area (Å²) in [5, 5.41) is 116. The molecule has 0 bridgehead atoms. The predicted octanol–water partition coefficient (Wildman–Crippen LogP) is -3.98. The summed E-state index contributed by atoms with van der Waals surface area (Å²) in [7, 11) is 0. The van der Waals surface area contributed by atoms with Crippen LogP contribution in [0.2, 0.25) is 0 Å². The molecule has 1 aliphatic carbocycles. The number of nitrogens with one attached hydrogen (secondary N) is 14. The van der Waals surface area contributed by atoms with Crippen molar-refractivity contribution in [2.45, 2.75) is 176 Å². The number of aliphatic carboxylic acids is 9. The summed E-state index contributed by atoms with van der Waals surface area (Å²) >= 11 is 0. The average molecular weight is 1840 g/mol. The summed E-state index contributed by atoms with van der Waals surface area (Å²) in [5.74, 6) is -21.5. The molecule has 4 heterocycles. The first-order chi connectivity index (χ1) is 62.4. The number of carboxylic acids is 9. The summed E-state index contributed by atoms with van der Waals surface area (Å²) in [6.45, 7) is -1.75. The Bertz CT molecular complexity index is 4690.